The molecule has 0 unspecified atom stereocenters. The van der Waals surface area contributed by atoms with Gasteiger partial charge in [-0.05, 0) is 49.6 Å². The van der Waals surface area contributed by atoms with Crippen molar-refractivity contribution >= 4 is 10.9 Å². The van der Waals surface area contributed by atoms with E-state index in [1.807, 2.05) is 18.5 Å². The van der Waals surface area contributed by atoms with E-state index in [0.29, 0.717) is 0 Å². The lowest BCUT2D eigenvalue weighted by Gasteiger charge is -2.47. The van der Waals surface area contributed by atoms with Gasteiger partial charge in [-0.15, -0.1) is 0 Å². The molecule has 0 fully saturated rings. The Kier molecular flexibility index (Phi) is 4.33. The third-order valence-electron chi connectivity index (χ3n) is 6.26. The number of pyridine rings is 1. The highest BCUT2D eigenvalue weighted by atomic mass is 16.3. The Morgan fingerprint density at radius 3 is 2.65 bits per heavy atom. The largest absolute Gasteiger partial charge is 0.388 e. The first-order chi connectivity index (χ1) is 12.6. The Hall–Kier alpha value is -2.17. The molecule has 2 atom stereocenters. The summed E-state index contributed by atoms with van der Waals surface area (Å²) < 4.78 is 0. The molecule has 0 saturated carbocycles. The molecule has 4 rings (SSSR count). The minimum absolute atomic E-state index is 0.0643. The van der Waals surface area contributed by atoms with Crippen molar-refractivity contribution in [1.29, 1.82) is 0 Å². The Morgan fingerprint density at radius 2 is 1.96 bits per heavy atom. The Bertz CT molecular complexity index is 898. The van der Waals surface area contributed by atoms with Crippen LogP contribution in [0.25, 0.3) is 10.9 Å². The van der Waals surface area contributed by atoms with Crippen LogP contribution in [0.5, 0.6) is 0 Å². The summed E-state index contributed by atoms with van der Waals surface area (Å²) in [4.78, 5) is 10.3. The maximum Gasteiger partial charge on any atom is 0.0800 e. The summed E-state index contributed by atoms with van der Waals surface area (Å²) >= 11 is 0. The highest BCUT2D eigenvalue weighted by Gasteiger charge is 2.44. The molecule has 1 aromatic carbocycles. The SMILES string of the molecule is CCC(O)(CC)[C@@H]1Cc2c([nH]c3ccccc23)[C@@H](c2cccnc2)N1C. The Labute approximate surface area is 154 Å². The minimum Gasteiger partial charge on any atom is -0.388 e. The van der Waals surface area contributed by atoms with Crippen LogP contribution in [0.15, 0.2) is 48.8 Å². The Balaban J connectivity index is 1.93. The molecule has 2 aromatic heterocycles. The molecule has 0 spiro atoms. The monoisotopic (exact) mass is 349 g/mol. The molecule has 0 saturated heterocycles. The van der Waals surface area contributed by atoms with Gasteiger partial charge in [-0.3, -0.25) is 9.88 Å². The van der Waals surface area contributed by atoms with E-state index < -0.39 is 5.60 Å². The number of nitrogens with zero attached hydrogens (tertiary/aromatic N) is 2. The molecule has 0 radical (unpaired) electrons. The second-order valence-electron chi connectivity index (χ2n) is 7.45. The van der Waals surface area contributed by atoms with Crippen molar-refractivity contribution < 1.29 is 5.11 Å². The molecular formula is C22H27N3O. The summed E-state index contributed by atoms with van der Waals surface area (Å²) in [7, 11) is 2.13. The fraction of sp³-hybridized carbons (Fsp3) is 0.409. The van der Waals surface area contributed by atoms with Crippen molar-refractivity contribution in [1.82, 2.24) is 14.9 Å². The van der Waals surface area contributed by atoms with E-state index in [9.17, 15) is 5.11 Å². The number of para-hydroxylation sites is 1. The highest BCUT2D eigenvalue weighted by molar-refractivity contribution is 5.85. The summed E-state index contributed by atoms with van der Waals surface area (Å²) in [6, 6.07) is 12.7. The van der Waals surface area contributed by atoms with E-state index in [-0.39, 0.29) is 12.1 Å². The standard InChI is InChI=1S/C22H27N3O/c1-4-22(26,5-2)19-13-17-16-10-6-7-11-18(16)24-20(17)21(25(19)3)15-9-8-12-23-14-15/h6-12,14,19,21,24,26H,4-5,13H2,1-3H3/t19-,21+/m0/s1. The van der Waals surface area contributed by atoms with Crippen LogP contribution in [0, 0.1) is 0 Å². The number of hydrogen-bond donors (Lipinski definition) is 2. The van der Waals surface area contributed by atoms with E-state index in [1.54, 1.807) is 0 Å². The van der Waals surface area contributed by atoms with Gasteiger partial charge in [-0.2, -0.15) is 0 Å². The molecule has 26 heavy (non-hydrogen) atoms. The number of hydrogen-bond acceptors (Lipinski definition) is 3. The number of aromatic amines is 1. The van der Waals surface area contributed by atoms with Gasteiger partial charge in [0, 0.05) is 35.0 Å². The van der Waals surface area contributed by atoms with Gasteiger partial charge in [-0.25, -0.2) is 0 Å². The molecule has 0 aliphatic carbocycles. The average molecular weight is 349 g/mol. The van der Waals surface area contributed by atoms with E-state index in [0.717, 1.165) is 30.3 Å². The van der Waals surface area contributed by atoms with Crippen molar-refractivity contribution in [2.45, 2.75) is 50.8 Å². The third kappa shape index (κ3) is 2.56. The van der Waals surface area contributed by atoms with Gasteiger partial charge in [-0.1, -0.05) is 38.1 Å². The maximum atomic E-state index is 11.4. The number of aliphatic hydroxyl groups is 1. The first kappa shape index (κ1) is 17.3. The zero-order chi connectivity index (χ0) is 18.3. The maximum absolute atomic E-state index is 11.4. The van der Waals surface area contributed by atoms with Gasteiger partial charge >= 0.3 is 0 Å². The van der Waals surface area contributed by atoms with E-state index in [2.05, 4.69) is 66.1 Å². The Morgan fingerprint density at radius 1 is 1.19 bits per heavy atom. The molecule has 1 aliphatic rings. The first-order valence-electron chi connectivity index (χ1n) is 9.52. The number of aromatic nitrogens is 2. The number of rotatable bonds is 4. The predicted molar refractivity (Wildman–Crippen MR) is 105 cm³/mol. The van der Waals surface area contributed by atoms with Gasteiger partial charge in [0.05, 0.1) is 11.6 Å². The number of fused-ring (bicyclic) bond motifs is 3. The van der Waals surface area contributed by atoms with Crippen LogP contribution in [-0.4, -0.2) is 38.7 Å². The minimum atomic E-state index is -0.703. The zero-order valence-corrected chi connectivity index (χ0v) is 15.7. The summed E-state index contributed by atoms with van der Waals surface area (Å²) in [6.45, 7) is 4.17. The third-order valence-corrected chi connectivity index (χ3v) is 6.26. The summed E-state index contributed by atoms with van der Waals surface area (Å²) in [5.74, 6) is 0. The van der Waals surface area contributed by atoms with Crippen LogP contribution < -0.4 is 0 Å². The molecule has 4 nitrogen and oxygen atoms in total. The van der Waals surface area contributed by atoms with Gasteiger partial charge in [0.2, 0.25) is 0 Å². The van der Waals surface area contributed by atoms with E-state index >= 15 is 0 Å². The molecule has 2 N–H and O–H groups in total. The molecule has 1 aliphatic heterocycles. The molecule has 0 amide bonds. The average Bonchev–Trinajstić information content (AvgIpc) is 3.05. The van der Waals surface area contributed by atoms with Gasteiger partial charge < -0.3 is 10.1 Å². The summed E-state index contributed by atoms with van der Waals surface area (Å²) in [6.07, 6.45) is 6.09. The zero-order valence-electron chi connectivity index (χ0n) is 15.7. The van der Waals surface area contributed by atoms with Crippen LogP contribution in [-0.2, 0) is 6.42 Å². The van der Waals surface area contributed by atoms with Gasteiger partial charge in [0.25, 0.3) is 0 Å². The van der Waals surface area contributed by atoms with Gasteiger partial charge in [0.15, 0.2) is 0 Å². The fourth-order valence-electron chi connectivity index (χ4n) is 4.62. The van der Waals surface area contributed by atoms with Crippen molar-refractivity contribution in [3.8, 4) is 0 Å². The lowest BCUT2D eigenvalue weighted by Crippen LogP contribution is -2.55. The lowest BCUT2D eigenvalue weighted by molar-refractivity contribution is -0.0591. The smallest absolute Gasteiger partial charge is 0.0800 e. The topological polar surface area (TPSA) is 52.1 Å². The predicted octanol–water partition coefficient (Wildman–Crippen LogP) is 4.06. The molecule has 4 heteroatoms. The van der Waals surface area contributed by atoms with Crippen LogP contribution in [0.2, 0.25) is 0 Å². The molecule has 0 bridgehead atoms. The summed E-state index contributed by atoms with van der Waals surface area (Å²) in [5, 5.41) is 12.6. The second kappa shape index (κ2) is 6.53. The van der Waals surface area contributed by atoms with Crippen LogP contribution in [0.4, 0.5) is 0 Å². The number of nitrogens with one attached hydrogen (secondary N) is 1. The number of H-pyrrole nitrogens is 1. The highest BCUT2D eigenvalue weighted by Crippen LogP contribution is 2.43. The van der Waals surface area contributed by atoms with E-state index in [1.165, 1.54) is 16.6 Å². The van der Waals surface area contributed by atoms with Crippen molar-refractivity contribution in [2.75, 3.05) is 7.05 Å². The molecule has 3 heterocycles. The fourth-order valence-corrected chi connectivity index (χ4v) is 4.62. The van der Waals surface area contributed by atoms with Crippen LogP contribution in [0.3, 0.4) is 0 Å². The second-order valence-corrected chi connectivity index (χ2v) is 7.45. The van der Waals surface area contributed by atoms with Crippen LogP contribution >= 0.6 is 0 Å². The van der Waals surface area contributed by atoms with Crippen molar-refractivity contribution in [3.63, 3.8) is 0 Å². The van der Waals surface area contributed by atoms with Crippen LogP contribution in [0.1, 0.15) is 49.6 Å². The quantitative estimate of drug-likeness (QED) is 0.747. The molecule has 3 aromatic rings. The number of benzene rings is 1. The number of likely N-dealkylation sites (N-methyl/N-ethyl adjacent to an activating group) is 1. The van der Waals surface area contributed by atoms with Crippen molar-refractivity contribution in [3.05, 3.63) is 65.6 Å². The normalized spacial score (nSPS) is 21.1. The van der Waals surface area contributed by atoms with Crippen molar-refractivity contribution in [2.24, 2.45) is 0 Å². The molecular weight excluding hydrogens is 322 g/mol. The molecule has 136 valence electrons. The summed E-state index contributed by atoms with van der Waals surface area (Å²) in [5.41, 5.74) is 4.18. The van der Waals surface area contributed by atoms with E-state index in [4.69, 9.17) is 0 Å². The first-order valence-corrected chi connectivity index (χ1v) is 9.52. The lowest BCUT2D eigenvalue weighted by atomic mass is 9.78. The van der Waals surface area contributed by atoms with Gasteiger partial charge in [0.1, 0.15) is 0 Å².